The van der Waals surface area contributed by atoms with E-state index in [9.17, 15) is 0 Å². The molecular weight excluding hydrogens is 276 g/mol. The van der Waals surface area contributed by atoms with Gasteiger partial charge in [0.1, 0.15) is 0 Å². The summed E-state index contributed by atoms with van der Waals surface area (Å²) in [5.74, 6) is 0. The highest BCUT2D eigenvalue weighted by molar-refractivity contribution is 7.07. The highest BCUT2D eigenvalue weighted by Crippen LogP contribution is 2.36. The maximum Gasteiger partial charge on any atom is 0.0438 e. The lowest BCUT2D eigenvalue weighted by molar-refractivity contribution is 0.337. The van der Waals surface area contributed by atoms with Gasteiger partial charge >= 0.3 is 0 Å². The molecule has 110 valence electrons. The van der Waals surface area contributed by atoms with Crippen molar-refractivity contribution in [2.75, 3.05) is 11.4 Å². The number of fused-ring (bicyclic) bond motifs is 1. The molecule has 1 aliphatic heterocycles. The van der Waals surface area contributed by atoms with Crippen molar-refractivity contribution < 1.29 is 0 Å². The lowest BCUT2D eigenvalue weighted by Crippen LogP contribution is -2.49. The maximum atomic E-state index is 3.88. The molecule has 1 aromatic heterocycles. The minimum atomic E-state index is 0.328. The van der Waals surface area contributed by atoms with Crippen LogP contribution in [-0.2, 0) is 13.1 Å². The Morgan fingerprint density at radius 1 is 1.14 bits per heavy atom. The molecule has 2 aromatic rings. The van der Waals surface area contributed by atoms with Gasteiger partial charge in [0.25, 0.3) is 0 Å². The van der Waals surface area contributed by atoms with Crippen LogP contribution >= 0.6 is 11.3 Å². The van der Waals surface area contributed by atoms with Crippen molar-refractivity contribution in [3.8, 4) is 0 Å². The zero-order valence-corrected chi connectivity index (χ0v) is 13.2. The van der Waals surface area contributed by atoms with Crippen LogP contribution in [0.25, 0.3) is 0 Å². The third kappa shape index (κ3) is 2.60. The highest BCUT2D eigenvalue weighted by Gasteiger charge is 2.37. The van der Waals surface area contributed by atoms with Gasteiger partial charge in [0.05, 0.1) is 0 Å². The predicted molar refractivity (Wildman–Crippen MR) is 89.8 cm³/mol. The van der Waals surface area contributed by atoms with E-state index in [1.807, 2.05) is 0 Å². The Hall–Kier alpha value is -1.32. The van der Waals surface area contributed by atoms with Crippen LogP contribution in [0.4, 0.5) is 5.69 Å². The fraction of sp³-hybridized carbons (Fsp3) is 0.444. The zero-order valence-electron chi connectivity index (χ0n) is 12.3. The molecule has 2 aliphatic rings. The summed E-state index contributed by atoms with van der Waals surface area (Å²) in [5, 5.41) is 8.35. The molecule has 0 atom stereocenters. The summed E-state index contributed by atoms with van der Waals surface area (Å²) in [6.45, 7) is 3.18. The van der Waals surface area contributed by atoms with E-state index >= 15 is 0 Å². The first kappa shape index (κ1) is 13.4. The molecule has 0 saturated heterocycles. The first-order valence-corrected chi connectivity index (χ1v) is 8.88. The molecule has 1 fully saturated rings. The third-order valence-electron chi connectivity index (χ3n) is 4.99. The lowest BCUT2D eigenvalue weighted by Gasteiger charge is -2.34. The van der Waals surface area contributed by atoms with Crippen molar-refractivity contribution in [1.29, 1.82) is 0 Å². The first-order chi connectivity index (χ1) is 10.3. The van der Waals surface area contributed by atoms with Gasteiger partial charge in [0.15, 0.2) is 0 Å². The Bertz CT molecular complexity index is 599. The second kappa shape index (κ2) is 5.47. The smallest absolute Gasteiger partial charge is 0.0438 e. The Balaban J connectivity index is 1.68. The Labute approximate surface area is 130 Å². The van der Waals surface area contributed by atoms with Crippen molar-refractivity contribution in [3.63, 3.8) is 0 Å². The maximum absolute atomic E-state index is 3.88. The van der Waals surface area contributed by atoms with Gasteiger partial charge in [-0.05, 0) is 46.9 Å². The number of thiophene rings is 1. The van der Waals surface area contributed by atoms with Gasteiger partial charge in [0, 0.05) is 30.9 Å². The number of hydrogen-bond acceptors (Lipinski definition) is 3. The average Bonchev–Trinajstić information content (AvgIpc) is 3.14. The number of anilines is 1. The van der Waals surface area contributed by atoms with Crippen LogP contribution in [0.5, 0.6) is 0 Å². The van der Waals surface area contributed by atoms with Crippen molar-refractivity contribution in [2.45, 2.75) is 44.3 Å². The van der Waals surface area contributed by atoms with Crippen molar-refractivity contribution in [1.82, 2.24) is 5.32 Å². The summed E-state index contributed by atoms with van der Waals surface area (Å²) in [4.78, 5) is 2.60. The molecule has 1 aliphatic carbocycles. The first-order valence-electron chi connectivity index (χ1n) is 7.94. The largest absolute Gasteiger partial charge is 0.365 e. The summed E-state index contributed by atoms with van der Waals surface area (Å²) >= 11 is 1.80. The quantitative estimate of drug-likeness (QED) is 0.895. The van der Waals surface area contributed by atoms with E-state index in [0.29, 0.717) is 5.54 Å². The molecule has 1 aromatic carbocycles. The molecule has 3 heteroatoms. The molecule has 1 spiro atoms. The highest BCUT2D eigenvalue weighted by atomic mass is 32.1. The topological polar surface area (TPSA) is 15.3 Å². The fourth-order valence-electron chi connectivity index (χ4n) is 3.89. The van der Waals surface area contributed by atoms with Gasteiger partial charge in [-0.25, -0.2) is 0 Å². The van der Waals surface area contributed by atoms with Crippen LogP contribution in [0.15, 0.2) is 41.1 Å². The second-order valence-corrected chi connectivity index (χ2v) is 7.24. The predicted octanol–water partition coefficient (Wildman–Crippen LogP) is 4.17. The minimum Gasteiger partial charge on any atom is -0.365 e. The van der Waals surface area contributed by atoms with Gasteiger partial charge < -0.3 is 10.2 Å². The van der Waals surface area contributed by atoms with Gasteiger partial charge in [-0.1, -0.05) is 31.0 Å². The van der Waals surface area contributed by atoms with Crippen LogP contribution < -0.4 is 10.2 Å². The van der Waals surface area contributed by atoms with Crippen LogP contribution in [0.3, 0.4) is 0 Å². The average molecular weight is 298 g/mol. The molecule has 1 saturated carbocycles. The molecular formula is C18H22N2S. The minimum absolute atomic E-state index is 0.328. The number of benzene rings is 1. The number of nitrogens with zero attached hydrogens (tertiary/aromatic N) is 1. The number of para-hydroxylation sites is 1. The molecule has 21 heavy (non-hydrogen) atoms. The molecule has 0 unspecified atom stereocenters. The normalized spacial score (nSPS) is 20.5. The molecule has 4 rings (SSSR count). The van der Waals surface area contributed by atoms with Gasteiger partial charge in [-0.3, -0.25) is 0 Å². The van der Waals surface area contributed by atoms with Crippen molar-refractivity contribution in [3.05, 3.63) is 52.2 Å². The van der Waals surface area contributed by atoms with Crippen LogP contribution in [0, 0.1) is 0 Å². The van der Waals surface area contributed by atoms with Gasteiger partial charge in [0.2, 0.25) is 0 Å². The molecule has 2 heterocycles. The van der Waals surface area contributed by atoms with Gasteiger partial charge in [-0.15, -0.1) is 0 Å². The van der Waals surface area contributed by atoms with Gasteiger partial charge in [-0.2, -0.15) is 11.3 Å². The summed E-state index contributed by atoms with van der Waals surface area (Å²) in [5.41, 5.74) is 4.62. The summed E-state index contributed by atoms with van der Waals surface area (Å²) in [6.07, 6.45) is 5.38. The molecule has 2 nitrogen and oxygen atoms in total. The molecule has 0 amide bonds. The van der Waals surface area contributed by atoms with Crippen molar-refractivity contribution >= 4 is 17.0 Å². The zero-order chi connectivity index (χ0) is 14.1. The SMILES string of the molecule is c1ccc2c(c1)CNC1(CCCC1)CN2Cc1ccsc1. The summed E-state index contributed by atoms with van der Waals surface area (Å²) in [6, 6.07) is 11.2. The van der Waals surface area contributed by atoms with E-state index in [1.54, 1.807) is 11.3 Å². The standard InChI is InChI=1S/C18H22N2S/c1-2-6-17-16(5-1)11-19-18(8-3-4-9-18)14-20(17)12-15-7-10-21-13-15/h1-2,5-7,10,13,19H,3-4,8-9,11-12,14H2. The summed E-state index contributed by atoms with van der Waals surface area (Å²) < 4.78 is 0. The third-order valence-corrected chi connectivity index (χ3v) is 5.73. The van der Waals surface area contributed by atoms with Crippen molar-refractivity contribution in [2.24, 2.45) is 0 Å². The molecule has 1 N–H and O–H groups in total. The summed E-state index contributed by atoms with van der Waals surface area (Å²) in [7, 11) is 0. The van der Waals surface area contributed by atoms with Crippen LogP contribution in [-0.4, -0.2) is 12.1 Å². The van der Waals surface area contributed by atoms with Crippen LogP contribution in [0.2, 0.25) is 0 Å². The lowest BCUT2D eigenvalue weighted by atomic mass is 9.97. The van der Waals surface area contributed by atoms with E-state index < -0.39 is 0 Å². The fourth-order valence-corrected chi connectivity index (χ4v) is 4.55. The number of hydrogen-bond donors (Lipinski definition) is 1. The van der Waals surface area contributed by atoms with E-state index in [0.717, 1.165) is 19.6 Å². The monoisotopic (exact) mass is 298 g/mol. The molecule has 0 radical (unpaired) electrons. The van der Waals surface area contributed by atoms with E-state index in [2.05, 4.69) is 51.3 Å². The van der Waals surface area contributed by atoms with Crippen LogP contribution in [0.1, 0.15) is 36.8 Å². The van der Waals surface area contributed by atoms with E-state index in [4.69, 9.17) is 0 Å². The number of nitrogens with one attached hydrogen (secondary N) is 1. The Kier molecular flexibility index (Phi) is 3.48. The number of rotatable bonds is 2. The van der Waals surface area contributed by atoms with E-state index in [-0.39, 0.29) is 0 Å². The Morgan fingerprint density at radius 2 is 2.00 bits per heavy atom. The Morgan fingerprint density at radius 3 is 2.81 bits per heavy atom. The molecule has 0 bridgehead atoms. The second-order valence-electron chi connectivity index (χ2n) is 6.46. The van der Waals surface area contributed by atoms with E-state index in [1.165, 1.54) is 42.5 Å².